The number of nitrogens with one attached hydrogen (secondary N) is 1. The molecular formula is C32H43FN8O3. The molecule has 3 aliphatic heterocycles. The van der Waals surface area contributed by atoms with E-state index in [-0.39, 0.29) is 29.8 Å². The third-order valence-electron chi connectivity index (χ3n) is 9.23. The largest absolute Gasteiger partial charge is 0.379 e. The number of fused-ring (bicyclic) bond motifs is 3. The summed E-state index contributed by atoms with van der Waals surface area (Å²) in [6.45, 7) is 14.3. The van der Waals surface area contributed by atoms with Gasteiger partial charge in [0.25, 0.3) is 5.95 Å². The van der Waals surface area contributed by atoms with E-state index in [9.17, 15) is 14.0 Å². The molecule has 0 bridgehead atoms. The van der Waals surface area contributed by atoms with Crippen molar-refractivity contribution in [2.75, 3.05) is 69.3 Å². The van der Waals surface area contributed by atoms with Crippen LogP contribution in [0.1, 0.15) is 44.5 Å². The van der Waals surface area contributed by atoms with Gasteiger partial charge in [-0.2, -0.15) is 4.98 Å². The van der Waals surface area contributed by atoms with Crippen LogP contribution < -0.4 is 15.1 Å². The Morgan fingerprint density at radius 2 is 2.00 bits per heavy atom. The smallest absolute Gasteiger partial charge is 0.251 e. The maximum absolute atomic E-state index is 14.3. The first-order valence-corrected chi connectivity index (χ1v) is 15.5. The van der Waals surface area contributed by atoms with Crippen LogP contribution in [0.25, 0.3) is 5.65 Å². The molecule has 0 saturated carbocycles. The number of hydrogen-bond donors (Lipinski definition) is 1. The molecule has 6 rings (SSSR count). The van der Waals surface area contributed by atoms with Gasteiger partial charge in [0.15, 0.2) is 5.65 Å². The highest BCUT2D eigenvalue weighted by atomic mass is 19.1. The van der Waals surface area contributed by atoms with Crippen LogP contribution in [-0.2, 0) is 26.2 Å². The lowest BCUT2D eigenvalue weighted by molar-refractivity contribution is -0.121. The average Bonchev–Trinajstić information content (AvgIpc) is 3.55. The van der Waals surface area contributed by atoms with Crippen LogP contribution in [0.2, 0.25) is 0 Å². The van der Waals surface area contributed by atoms with E-state index < -0.39 is 5.41 Å². The molecule has 2 aromatic heterocycles. The van der Waals surface area contributed by atoms with Crippen molar-refractivity contribution < 1.29 is 18.7 Å². The van der Waals surface area contributed by atoms with E-state index in [0.29, 0.717) is 37.6 Å². The highest BCUT2D eigenvalue weighted by molar-refractivity contribution is 5.98. The van der Waals surface area contributed by atoms with Crippen LogP contribution in [0, 0.1) is 5.82 Å². The summed E-state index contributed by atoms with van der Waals surface area (Å²) >= 11 is 0. The van der Waals surface area contributed by atoms with Gasteiger partial charge in [-0.1, -0.05) is 26.0 Å². The average molecular weight is 607 g/mol. The number of anilines is 2. The van der Waals surface area contributed by atoms with Gasteiger partial charge >= 0.3 is 0 Å². The number of nitrogens with zero attached hydrogens (tertiary/aromatic N) is 7. The number of benzene rings is 1. The van der Waals surface area contributed by atoms with Crippen LogP contribution in [-0.4, -0.2) is 114 Å². The molecule has 0 spiro atoms. The van der Waals surface area contributed by atoms with Gasteiger partial charge in [-0.3, -0.25) is 24.3 Å². The molecule has 5 heterocycles. The number of halogens is 1. The predicted molar refractivity (Wildman–Crippen MR) is 167 cm³/mol. The maximum atomic E-state index is 14.3. The quantitative estimate of drug-likeness (QED) is 0.390. The highest BCUT2D eigenvalue weighted by Crippen LogP contribution is 2.42. The summed E-state index contributed by atoms with van der Waals surface area (Å²) in [5.41, 5.74) is 3.65. The fraction of sp³-hybridized carbons (Fsp3) is 0.562. The molecule has 0 radical (unpaired) electrons. The lowest BCUT2D eigenvalue weighted by atomic mass is 9.90. The van der Waals surface area contributed by atoms with Gasteiger partial charge in [-0.05, 0) is 37.6 Å². The molecule has 2 saturated heterocycles. The minimum Gasteiger partial charge on any atom is -0.379 e. The SMILES string of the molecule is C[C@@H]1CN(CC(=O)N2CC(C)(C)c3c2cc(Cc2ccc(F)cc2)c2nc(N(C)C=O)nn32)[C@@H](CN2CCOC[C@H]2C)CN1. The highest BCUT2D eigenvalue weighted by Gasteiger charge is 2.43. The Kier molecular flexibility index (Phi) is 8.44. The Labute approximate surface area is 257 Å². The minimum absolute atomic E-state index is 0.0448. The van der Waals surface area contributed by atoms with Crippen molar-refractivity contribution in [3.8, 4) is 0 Å². The number of morpholine rings is 1. The monoisotopic (exact) mass is 606 g/mol. The van der Waals surface area contributed by atoms with Gasteiger partial charge < -0.3 is 15.0 Å². The van der Waals surface area contributed by atoms with E-state index in [1.54, 1.807) is 23.7 Å². The summed E-state index contributed by atoms with van der Waals surface area (Å²) in [4.78, 5) is 38.6. The summed E-state index contributed by atoms with van der Waals surface area (Å²) in [5, 5.41) is 8.35. The van der Waals surface area contributed by atoms with Crippen molar-refractivity contribution in [1.29, 1.82) is 0 Å². The normalized spacial score (nSPS) is 24.0. The summed E-state index contributed by atoms with van der Waals surface area (Å²) in [7, 11) is 1.62. The molecule has 11 nitrogen and oxygen atoms in total. The van der Waals surface area contributed by atoms with Crippen molar-refractivity contribution in [2.45, 2.75) is 57.7 Å². The van der Waals surface area contributed by atoms with Crippen LogP contribution in [0.15, 0.2) is 30.3 Å². The number of aromatic nitrogens is 3. The summed E-state index contributed by atoms with van der Waals surface area (Å²) < 4.78 is 21.1. The third-order valence-corrected chi connectivity index (χ3v) is 9.23. The predicted octanol–water partition coefficient (Wildman–Crippen LogP) is 2.06. The lowest BCUT2D eigenvalue weighted by Gasteiger charge is -2.43. The fourth-order valence-corrected chi connectivity index (χ4v) is 6.81. The fourth-order valence-electron chi connectivity index (χ4n) is 6.81. The van der Waals surface area contributed by atoms with E-state index in [1.807, 2.05) is 11.0 Å². The van der Waals surface area contributed by atoms with Crippen molar-refractivity contribution in [1.82, 2.24) is 29.7 Å². The van der Waals surface area contributed by atoms with Gasteiger partial charge in [0.05, 0.1) is 31.1 Å². The number of piperazine rings is 1. The molecule has 0 aliphatic carbocycles. The number of carbonyl (C=O) groups excluding carboxylic acids is 2. The molecular weight excluding hydrogens is 563 g/mol. The molecule has 3 aromatic rings. The number of amides is 2. The third kappa shape index (κ3) is 5.95. The number of hydrogen-bond acceptors (Lipinski definition) is 8. The van der Waals surface area contributed by atoms with Crippen LogP contribution in [0.5, 0.6) is 0 Å². The Balaban J connectivity index is 1.34. The van der Waals surface area contributed by atoms with Crippen LogP contribution in [0.3, 0.4) is 0 Å². The Morgan fingerprint density at radius 1 is 1.23 bits per heavy atom. The second-order valence-corrected chi connectivity index (χ2v) is 13.2. The molecule has 44 heavy (non-hydrogen) atoms. The van der Waals surface area contributed by atoms with Crippen LogP contribution >= 0.6 is 0 Å². The van der Waals surface area contributed by atoms with E-state index in [0.717, 1.165) is 61.9 Å². The molecule has 2 fully saturated rings. The van der Waals surface area contributed by atoms with Gasteiger partial charge in [0.1, 0.15) is 5.82 Å². The first-order valence-electron chi connectivity index (χ1n) is 15.5. The first kappa shape index (κ1) is 30.6. The second kappa shape index (κ2) is 12.2. The summed E-state index contributed by atoms with van der Waals surface area (Å²) in [6.07, 6.45) is 1.15. The number of pyridine rings is 1. The molecule has 236 valence electrons. The Hall–Kier alpha value is -3.45. The minimum atomic E-state index is -0.415. The second-order valence-electron chi connectivity index (χ2n) is 13.2. The lowest BCUT2D eigenvalue weighted by Crippen LogP contribution is -2.62. The standard InChI is InChI=1S/C32H43FN8O3/c1-21-15-39(26(14-34-21)16-38-10-11-44-18-22(38)2)17-28(43)40-19-32(3,4)29-27(40)13-24(12-23-6-8-25(33)9-7-23)30-35-31(36-41(29)30)37(5)20-42/h6-9,13,20-22,26,34H,10-12,14-19H2,1-5H3/t21-,22-,26-/m1/s1. The zero-order valence-electron chi connectivity index (χ0n) is 26.3. The summed E-state index contributed by atoms with van der Waals surface area (Å²) in [6, 6.07) is 9.26. The number of ether oxygens (including phenoxy) is 1. The first-order chi connectivity index (χ1) is 21.0. The Bertz CT molecular complexity index is 1530. The molecule has 3 aliphatic rings. The van der Waals surface area contributed by atoms with Crippen molar-refractivity contribution >= 4 is 29.6 Å². The van der Waals surface area contributed by atoms with Crippen LogP contribution in [0.4, 0.5) is 16.0 Å². The van der Waals surface area contributed by atoms with Gasteiger partial charge in [0, 0.05) is 75.3 Å². The summed E-state index contributed by atoms with van der Waals surface area (Å²) in [5.74, 6) is 0.0278. The zero-order valence-corrected chi connectivity index (χ0v) is 26.3. The van der Waals surface area contributed by atoms with Crippen molar-refractivity contribution in [3.63, 3.8) is 0 Å². The molecule has 2 amide bonds. The van der Waals surface area contributed by atoms with Crippen molar-refractivity contribution in [2.24, 2.45) is 0 Å². The molecule has 0 unspecified atom stereocenters. The van der Waals surface area contributed by atoms with E-state index in [2.05, 4.69) is 42.8 Å². The van der Waals surface area contributed by atoms with Crippen molar-refractivity contribution in [3.05, 3.63) is 53.0 Å². The Morgan fingerprint density at radius 3 is 2.73 bits per heavy atom. The van der Waals surface area contributed by atoms with E-state index >= 15 is 0 Å². The van der Waals surface area contributed by atoms with E-state index in [1.165, 1.54) is 17.0 Å². The molecule has 1 N–H and O–H groups in total. The molecule has 1 aromatic carbocycles. The zero-order chi connectivity index (χ0) is 31.2. The molecule has 12 heteroatoms. The number of rotatable bonds is 8. The van der Waals surface area contributed by atoms with Gasteiger partial charge in [0.2, 0.25) is 12.3 Å². The van der Waals surface area contributed by atoms with Gasteiger partial charge in [-0.15, -0.1) is 5.10 Å². The van der Waals surface area contributed by atoms with E-state index in [4.69, 9.17) is 14.8 Å². The molecule has 3 atom stereocenters. The maximum Gasteiger partial charge on any atom is 0.251 e. The number of carbonyl (C=O) groups is 2. The topological polar surface area (TPSA) is 98.6 Å². The van der Waals surface area contributed by atoms with Gasteiger partial charge in [-0.25, -0.2) is 8.91 Å².